The third-order valence-electron chi connectivity index (χ3n) is 2.70. The molecule has 2 atom stereocenters. The SMILES string of the molecule is CNC(CO)CN(C)CC1CCCO1. The molecule has 14 heavy (non-hydrogen) atoms. The minimum atomic E-state index is 0.168. The number of ether oxygens (including phenoxy) is 1. The second-order valence-corrected chi connectivity index (χ2v) is 4.02. The molecule has 0 amide bonds. The molecule has 0 aliphatic carbocycles. The first-order valence-corrected chi connectivity index (χ1v) is 5.34. The summed E-state index contributed by atoms with van der Waals surface area (Å²) >= 11 is 0. The standard InChI is InChI=1S/C10H22N2O2/c1-11-9(8-13)6-12(2)7-10-4-3-5-14-10/h9-11,13H,3-8H2,1-2H3. The van der Waals surface area contributed by atoms with Crippen LogP contribution in [0.15, 0.2) is 0 Å². The van der Waals surface area contributed by atoms with Gasteiger partial charge < -0.3 is 20.1 Å². The highest BCUT2D eigenvalue weighted by Crippen LogP contribution is 2.12. The van der Waals surface area contributed by atoms with Crippen molar-refractivity contribution in [1.82, 2.24) is 10.2 Å². The van der Waals surface area contributed by atoms with E-state index in [0.29, 0.717) is 6.10 Å². The summed E-state index contributed by atoms with van der Waals surface area (Å²) in [6, 6.07) is 0.168. The maximum absolute atomic E-state index is 9.02. The zero-order chi connectivity index (χ0) is 10.4. The summed E-state index contributed by atoms with van der Waals surface area (Å²) < 4.78 is 5.55. The van der Waals surface area contributed by atoms with E-state index in [1.165, 1.54) is 12.8 Å². The van der Waals surface area contributed by atoms with Gasteiger partial charge in [0.2, 0.25) is 0 Å². The first kappa shape index (κ1) is 11.9. The van der Waals surface area contributed by atoms with E-state index in [2.05, 4.69) is 17.3 Å². The molecule has 84 valence electrons. The highest BCUT2D eigenvalue weighted by Gasteiger charge is 2.18. The molecule has 4 heteroatoms. The molecule has 4 nitrogen and oxygen atoms in total. The minimum absolute atomic E-state index is 0.168. The highest BCUT2D eigenvalue weighted by molar-refractivity contribution is 4.72. The Labute approximate surface area is 86.2 Å². The van der Waals surface area contributed by atoms with Gasteiger partial charge in [0.1, 0.15) is 0 Å². The van der Waals surface area contributed by atoms with E-state index in [1.807, 2.05) is 7.05 Å². The number of hydrogen-bond acceptors (Lipinski definition) is 4. The Bertz CT molecular complexity index is 141. The predicted molar refractivity (Wildman–Crippen MR) is 56.4 cm³/mol. The van der Waals surface area contributed by atoms with Gasteiger partial charge in [0.15, 0.2) is 0 Å². The van der Waals surface area contributed by atoms with E-state index in [9.17, 15) is 0 Å². The van der Waals surface area contributed by atoms with Gasteiger partial charge in [-0.3, -0.25) is 0 Å². The molecule has 1 fully saturated rings. The van der Waals surface area contributed by atoms with Crippen LogP contribution >= 0.6 is 0 Å². The lowest BCUT2D eigenvalue weighted by Crippen LogP contribution is -2.42. The van der Waals surface area contributed by atoms with Crippen LogP contribution in [0.2, 0.25) is 0 Å². The van der Waals surface area contributed by atoms with E-state index in [-0.39, 0.29) is 12.6 Å². The van der Waals surface area contributed by atoms with E-state index in [0.717, 1.165) is 19.7 Å². The molecule has 1 aliphatic rings. The van der Waals surface area contributed by atoms with Crippen molar-refractivity contribution in [2.45, 2.75) is 25.0 Å². The summed E-state index contributed by atoms with van der Waals surface area (Å²) in [6.07, 6.45) is 2.76. The fourth-order valence-corrected chi connectivity index (χ4v) is 1.83. The van der Waals surface area contributed by atoms with Crippen LogP contribution in [-0.4, -0.2) is 62.6 Å². The van der Waals surface area contributed by atoms with Gasteiger partial charge in [-0.15, -0.1) is 0 Å². The van der Waals surface area contributed by atoms with Gasteiger partial charge in [0, 0.05) is 25.7 Å². The first-order valence-electron chi connectivity index (χ1n) is 5.34. The third kappa shape index (κ3) is 3.92. The van der Waals surface area contributed by atoms with Crippen molar-refractivity contribution in [3.8, 4) is 0 Å². The van der Waals surface area contributed by atoms with Gasteiger partial charge >= 0.3 is 0 Å². The lowest BCUT2D eigenvalue weighted by Gasteiger charge is -2.24. The van der Waals surface area contributed by atoms with Gasteiger partial charge in [0.25, 0.3) is 0 Å². The van der Waals surface area contributed by atoms with E-state index in [4.69, 9.17) is 9.84 Å². The average Bonchev–Trinajstić information content (AvgIpc) is 2.66. The molecule has 2 unspecified atom stereocenters. The Balaban J connectivity index is 2.16. The Morgan fingerprint density at radius 2 is 2.43 bits per heavy atom. The second kappa shape index (κ2) is 6.35. The van der Waals surface area contributed by atoms with E-state index < -0.39 is 0 Å². The molecule has 0 aromatic rings. The van der Waals surface area contributed by atoms with E-state index >= 15 is 0 Å². The molecular weight excluding hydrogens is 180 g/mol. The zero-order valence-corrected chi connectivity index (χ0v) is 9.20. The normalized spacial score (nSPS) is 24.4. The molecule has 2 N–H and O–H groups in total. The topological polar surface area (TPSA) is 44.7 Å². The van der Waals surface area contributed by atoms with Crippen LogP contribution < -0.4 is 5.32 Å². The fourth-order valence-electron chi connectivity index (χ4n) is 1.83. The monoisotopic (exact) mass is 202 g/mol. The summed E-state index contributed by atoms with van der Waals surface area (Å²) in [7, 11) is 3.95. The number of hydrogen-bond donors (Lipinski definition) is 2. The molecule has 0 saturated carbocycles. The van der Waals surface area contributed by atoms with Crippen LogP contribution in [-0.2, 0) is 4.74 Å². The van der Waals surface area contributed by atoms with Crippen molar-refractivity contribution in [1.29, 1.82) is 0 Å². The second-order valence-electron chi connectivity index (χ2n) is 4.02. The predicted octanol–water partition coefficient (Wildman–Crippen LogP) is -0.323. The van der Waals surface area contributed by atoms with Crippen molar-refractivity contribution >= 4 is 0 Å². The summed E-state index contributed by atoms with van der Waals surface area (Å²) in [4.78, 5) is 2.22. The first-order chi connectivity index (χ1) is 6.76. The molecule has 0 radical (unpaired) electrons. The molecule has 1 saturated heterocycles. The summed E-state index contributed by atoms with van der Waals surface area (Å²) in [5.41, 5.74) is 0. The molecule has 0 aromatic carbocycles. The van der Waals surface area contributed by atoms with Crippen LogP contribution in [0.3, 0.4) is 0 Å². The molecule has 1 rings (SSSR count). The Morgan fingerprint density at radius 3 is 2.93 bits per heavy atom. The molecule has 0 spiro atoms. The molecule has 1 heterocycles. The maximum atomic E-state index is 9.02. The minimum Gasteiger partial charge on any atom is -0.395 e. The molecular formula is C10H22N2O2. The largest absolute Gasteiger partial charge is 0.395 e. The molecule has 1 aliphatic heterocycles. The summed E-state index contributed by atoms with van der Waals surface area (Å²) in [6.45, 7) is 2.94. The number of aliphatic hydroxyl groups is 1. The fraction of sp³-hybridized carbons (Fsp3) is 1.00. The number of aliphatic hydroxyl groups excluding tert-OH is 1. The number of nitrogens with zero attached hydrogens (tertiary/aromatic N) is 1. The lowest BCUT2D eigenvalue weighted by atomic mass is 10.2. The van der Waals surface area contributed by atoms with Gasteiger partial charge in [-0.2, -0.15) is 0 Å². The Morgan fingerprint density at radius 1 is 1.64 bits per heavy atom. The Kier molecular flexibility index (Phi) is 5.40. The zero-order valence-electron chi connectivity index (χ0n) is 9.20. The van der Waals surface area contributed by atoms with Crippen LogP contribution in [0.4, 0.5) is 0 Å². The number of likely N-dealkylation sites (N-methyl/N-ethyl adjacent to an activating group) is 2. The van der Waals surface area contributed by atoms with Gasteiger partial charge in [0.05, 0.1) is 12.7 Å². The van der Waals surface area contributed by atoms with Crippen molar-refractivity contribution in [3.05, 3.63) is 0 Å². The van der Waals surface area contributed by atoms with Crippen molar-refractivity contribution in [2.24, 2.45) is 0 Å². The number of rotatable bonds is 6. The van der Waals surface area contributed by atoms with E-state index in [1.54, 1.807) is 0 Å². The Hall–Kier alpha value is -0.160. The van der Waals surface area contributed by atoms with Gasteiger partial charge in [-0.25, -0.2) is 0 Å². The van der Waals surface area contributed by atoms with Gasteiger partial charge in [-0.1, -0.05) is 0 Å². The van der Waals surface area contributed by atoms with Gasteiger partial charge in [-0.05, 0) is 26.9 Å². The van der Waals surface area contributed by atoms with Crippen molar-refractivity contribution in [2.75, 3.05) is 40.4 Å². The van der Waals surface area contributed by atoms with Crippen molar-refractivity contribution in [3.63, 3.8) is 0 Å². The van der Waals surface area contributed by atoms with Crippen LogP contribution in [0.1, 0.15) is 12.8 Å². The molecule has 0 bridgehead atoms. The molecule has 0 aromatic heterocycles. The summed E-state index contributed by atoms with van der Waals surface area (Å²) in [5, 5.41) is 12.1. The van der Waals surface area contributed by atoms with Crippen LogP contribution in [0, 0.1) is 0 Å². The quantitative estimate of drug-likeness (QED) is 0.619. The lowest BCUT2D eigenvalue weighted by molar-refractivity contribution is 0.0756. The van der Waals surface area contributed by atoms with Crippen LogP contribution in [0.25, 0.3) is 0 Å². The average molecular weight is 202 g/mol. The third-order valence-corrected chi connectivity index (χ3v) is 2.70. The number of nitrogens with one attached hydrogen (secondary N) is 1. The van der Waals surface area contributed by atoms with Crippen LogP contribution in [0.5, 0.6) is 0 Å². The smallest absolute Gasteiger partial charge is 0.0702 e. The highest BCUT2D eigenvalue weighted by atomic mass is 16.5. The van der Waals surface area contributed by atoms with Crippen molar-refractivity contribution < 1.29 is 9.84 Å². The summed E-state index contributed by atoms with van der Waals surface area (Å²) in [5.74, 6) is 0. The maximum Gasteiger partial charge on any atom is 0.0702 e.